The van der Waals surface area contributed by atoms with Gasteiger partial charge in [0.1, 0.15) is 0 Å². The first-order valence-corrected chi connectivity index (χ1v) is 7.35. The number of rotatable bonds is 3. The Morgan fingerprint density at radius 1 is 1.06 bits per heavy atom. The fraction of sp³-hybridized carbons (Fsp3) is 0.929. The third-order valence-corrected chi connectivity index (χ3v) is 4.55. The van der Waals surface area contributed by atoms with Crippen molar-refractivity contribution in [2.75, 3.05) is 26.3 Å². The normalized spacial score (nSPS) is 34.8. The highest BCUT2D eigenvalue weighted by atomic mass is 16.7. The van der Waals surface area contributed by atoms with Crippen LogP contribution in [0, 0.1) is 5.92 Å². The van der Waals surface area contributed by atoms with Crippen molar-refractivity contribution in [1.82, 2.24) is 4.90 Å². The molecule has 4 heteroatoms. The van der Waals surface area contributed by atoms with Gasteiger partial charge < -0.3 is 9.47 Å². The van der Waals surface area contributed by atoms with Gasteiger partial charge in [0, 0.05) is 5.92 Å². The molecule has 3 heterocycles. The number of nitrogens with zero attached hydrogens (tertiary/aromatic N) is 1. The van der Waals surface area contributed by atoms with Crippen molar-refractivity contribution in [2.24, 2.45) is 5.92 Å². The molecule has 0 aliphatic carbocycles. The largest absolute Gasteiger partial charge is 0.350 e. The summed E-state index contributed by atoms with van der Waals surface area (Å²) in [6.45, 7) is 3.64. The molecule has 0 aromatic rings. The van der Waals surface area contributed by atoms with Crippen LogP contribution in [0.5, 0.6) is 0 Å². The maximum absolute atomic E-state index is 12.4. The van der Waals surface area contributed by atoms with Crippen molar-refractivity contribution >= 4 is 5.78 Å². The van der Waals surface area contributed by atoms with Crippen molar-refractivity contribution < 1.29 is 14.3 Å². The number of carbonyl (C=O) groups is 1. The zero-order chi connectivity index (χ0) is 12.4. The lowest BCUT2D eigenvalue weighted by molar-refractivity contribution is -0.134. The molecule has 4 nitrogen and oxygen atoms in total. The molecule has 0 bridgehead atoms. The average Bonchev–Trinajstić information content (AvgIpc) is 2.91. The number of fused-ring (bicyclic) bond motifs is 1. The van der Waals surface area contributed by atoms with E-state index in [-0.39, 0.29) is 18.2 Å². The molecule has 3 fully saturated rings. The summed E-state index contributed by atoms with van der Waals surface area (Å²) in [5.74, 6) is 0.732. The first-order chi connectivity index (χ1) is 8.84. The smallest absolute Gasteiger partial charge is 0.157 e. The third kappa shape index (κ3) is 2.60. The molecule has 0 aromatic carbocycles. The number of Topliss-reactive ketones (excluding diaryl/α,β-unsaturated/α-hetero) is 1. The Morgan fingerprint density at radius 2 is 1.89 bits per heavy atom. The van der Waals surface area contributed by atoms with Gasteiger partial charge in [0.25, 0.3) is 0 Å². The molecule has 0 amide bonds. The first-order valence-electron chi connectivity index (χ1n) is 7.35. The molecule has 3 aliphatic rings. The van der Waals surface area contributed by atoms with E-state index in [1.807, 2.05) is 0 Å². The molecule has 3 saturated heterocycles. The maximum atomic E-state index is 12.4. The van der Waals surface area contributed by atoms with Gasteiger partial charge in [-0.25, -0.2) is 0 Å². The van der Waals surface area contributed by atoms with E-state index in [1.165, 1.54) is 12.8 Å². The van der Waals surface area contributed by atoms with E-state index >= 15 is 0 Å². The highest BCUT2D eigenvalue weighted by Gasteiger charge is 2.37. The van der Waals surface area contributed by atoms with Crippen LogP contribution in [-0.2, 0) is 14.3 Å². The van der Waals surface area contributed by atoms with Crippen LogP contribution in [0.25, 0.3) is 0 Å². The molecule has 3 rings (SSSR count). The van der Waals surface area contributed by atoms with Crippen LogP contribution in [0.2, 0.25) is 0 Å². The van der Waals surface area contributed by atoms with Crippen molar-refractivity contribution in [3.8, 4) is 0 Å². The van der Waals surface area contributed by atoms with Gasteiger partial charge in [-0.2, -0.15) is 0 Å². The van der Waals surface area contributed by atoms with Crippen LogP contribution in [0.4, 0.5) is 0 Å². The Hall–Kier alpha value is -0.450. The molecule has 0 spiro atoms. The number of carbonyl (C=O) groups excluding carboxylic acids is 1. The van der Waals surface area contributed by atoms with E-state index in [0.717, 1.165) is 38.8 Å². The summed E-state index contributed by atoms with van der Waals surface area (Å²) in [5, 5.41) is 0. The molecule has 102 valence electrons. The summed E-state index contributed by atoms with van der Waals surface area (Å²) >= 11 is 0. The summed E-state index contributed by atoms with van der Waals surface area (Å²) in [7, 11) is 0. The second kappa shape index (κ2) is 5.68. The molecule has 2 atom stereocenters. The monoisotopic (exact) mass is 253 g/mol. The standard InChI is InChI=1S/C14H23NO3/c16-14-11(4-5-13-17-9-10-18-13)6-8-15-7-2-1-3-12(14)15/h11-13H,1-10H2/t11-,12-/m0/s1. The topological polar surface area (TPSA) is 38.8 Å². The lowest BCUT2D eigenvalue weighted by atomic mass is 9.82. The van der Waals surface area contributed by atoms with Crippen molar-refractivity contribution in [3.05, 3.63) is 0 Å². The van der Waals surface area contributed by atoms with Crippen LogP contribution in [-0.4, -0.2) is 49.3 Å². The van der Waals surface area contributed by atoms with Crippen molar-refractivity contribution in [3.63, 3.8) is 0 Å². The lowest BCUT2D eigenvalue weighted by Crippen LogP contribution is -2.51. The molecule has 0 unspecified atom stereocenters. The molecule has 0 N–H and O–H groups in total. The van der Waals surface area contributed by atoms with Gasteiger partial charge in [0.15, 0.2) is 12.1 Å². The predicted molar refractivity (Wildman–Crippen MR) is 67.3 cm³/mol. The maximum Gasteiger partial charge on any atom is 0.157 e. The Labute approximate surface area is 109 Å². The number of hydrogen-bond donors (Lipinski definition) is 0. The van der Waals surface area contributed by atoms with Crippen LogP contribution in [0.15, 0.2) is 0 Å². The zero-order valence-electron chi connectivity index (χ0n) is 11.0. The molecule has 0 aromatic heterocycles. The van der Waals surface area contributed by atoms with Crippen LogP contribution in [0.1, 0.15) is 38.5 Å². The Balaban J connectivity index is 1.51. The van der Waals surface area contributed by atoms with E-state index in [4.69, 9.17) is 9.47 Å². The first kappa shape index (κ1) is 12.6. The molecular weight excluding hydrogens is 230 g/mol. The Kier molecular flexibility index (Phi) is 3.97. The molecule has 18 heavy (non-hydrogen) atoms. The van der Waals surface area contributed by atoms with Gasteiger partial charge in [-0.05, 0) is 45.2 Å². The summed E-state index contributed by atoms with van der Waals surface area (Å²) in [5.41, 5.74) is 0. The zero-order valence-corrected chi connectivity index (χ0v) is 11.0. The minimum atomic E-state index is -0.0535. The summed E-state index contributed by atoms with van der Waals surface area (Å²) in [4.78, 5) is 14.8. The fourth-order valence-electron chi connectivity index (χ4n) is 3.51. The lowest BCUT2D eigenvalue weighted by Gasteiger charge is -2.41. The van der Waals surface area contributed by atoms with Crippen molar-refractivity contribution in [1.29, 1.82) is 0 Å². The Morgan fingerprint density at radius 3 is 2.72 bits per heavy atom. The molecule has 0 radical (unpaired) electrons. The van der Waals surface area contributed by atoms with Gasteiger partial charge in [-0.3, -0.25) is 9.69 Å². The highest BCUT2D eigenvalue weighted by Crippen LogP contribution is 2.30. The number of ether oxygens (including phenoxy) is 2. The summed E-state index contributed by atoms with van der Waals surface area (Å²) in [6.07, 6.45) is 6.35. The van der Waals surface area contributed by atoms with Gasteiger partial charge in [0.05, 0.1) is 19.3 Å². The van der Waals surface area contributed by atoms with Crippen LogP contribution < -0.4 is 0 Å². The fourth-order valence-corrected chi connectivity index (χ4v) is 3.51. The van der Waals surface area contributed by atoms with E-state index < -0.39 is 0 Å². The number of piperidine rings is 2. The van der Waals surface area contributed by atoms with Crippen molar-refractivity contribution in [2.45, 2.75) is 50.9 Å². The van der Waals surface area contributed by atoms with Gasteiger partial charge in [0.2, 0.25) is 0 Å². The van der Waals surface area contributed by atoms with Crippen LogP contribution in [0.3, 0.4) is 0 Å². The Bertz CT molecular complexity index is 301. The minimum absolute atomic E-state index is 0.0535. The second-order valence-electron chi connectivity index (χ2n) is 5.68. The third-order valence-electron chi connectivity index (χ3n) is 4.55. The van der Waals surface area contributed by atoms with Crippen LogP contribution >= 0.6 is 0 Å². The van der Waals surface area contributed by atoms with Gasteiger partial charge in [-0.15, -0.1) is 0 Å². The van der Waals surface area contributed by atoms with Gasteiger partial charge >= 0.3 is 0 Å². The second-order valence-corrected chi connectivity index (χ2v) is 5.68. The quantitative estimate of drug-likeness (QED) is 0.765. The summed E-state index contributed by atoms with van der Waals surface area (Å²) in [6, 6.07) is 0.225. The average molecular weight is 253 g/mol. The predicted octanol–water partition coefficient (Wildman–Crippen LogP) is 1.58. The summed E-state index contributed by atoms with van der Waals surface area (Å²) < 4.78 is 10.9. The number of ketones is 1. The van der Waals surface area contributed by atoms with E-state index in [9.17, 15) is 4.79 Å². The van der Waals surface area contributed by atoms with E-state index in [2.05, 4.69) is 4.90 Å². The molecule has 0 saturated carbocycles. The van der Waals surface area contributed by atoms with E-state index in [0.29, 0.717) is 19.0 Å². The van der Waals surface area contributed by atoms with E-state index in [1.54, 1.807) is 0 Å². The minimum Gasteiger partial charge on any atom is -0.350 e. The molecule has 3 aliphatic heterocycles. The highest BCUT2D eigenvalue weighted by molar-refractivity contribution is 5.87. The number of hydrogen-bond acceptors (Lipinski definition) is 4. The molecular formula is C14H23NO3. The van der Waals surface area contributed by atoms with Gasteiger partial charge in [-0.1, -0.05) is 6.42 Å². The SMILES string of the molecule is O=C1[C@@H](CCC2OCCO2)CCN2CCCC[C@@H]12.